The van der Waals surface area contributed by atoms with Crippen LogP contribution in [0.4, 0.5) is 0 Å². The molecule has 7 heteroatoms. The lowest BCUT2D eigenvalue weighted by molar-refractivity contribution is 0.0456. The third-order valence-electron chi connectivity index (χ3n) is 2.66. The van der Waals surface area contributed by atoms with Crippen LogP contribution in [-0.4, -0.2) is 32.5 Å². The smallest absolute Gasteiger partial charge is 0.338 e. The Morgan fingerprint density at radius 3 is 2.75 bits per heavy atom. The molecule has 0 unspecified atom stereocenters. The van der Waals surface area contributed by atoms with E-state index >= 15 is 0 Å². The fraction of sp³-hybridized carbons (Fsp3) is 0.308. The normalized spacial score (nSPS) is 10.2. The molecule has 1 heterocycles. The van der Waals surface area contributed by atoms with E-state index in [1.807, 2.05) is 6.92 Å². The molecule has 0 amide bonds. The van der Waals surface area contributed by atoms with Crippen molar-refractivity contribution in [1.82, 2.24) is 20.2 Å². The number of carbonyl (C=O) groups is 2. The van der Waals surface area contributed by atoms with Gasteiger partial charge in [0.2, 0.25) is 0 Å². The third kappa shape index (κ3) is 3.25. The summed E-state index contributed by atoms with van der Waals surface area (Å²) in [6, 6.07) is 6.21. The summed E-state index contributed by atoms with van der Waals surface area (Å²) >= 11 is 0. The number of aldehydes is 1. The Morgan fingerprint density at radius 2 is 2.10 bits per heavy atom. The van der Waals surface area contributed by atoms with E-state index in [0.717, 1.165) is 6.42 Å². The molecule has 0 spiro atoms. The van der Waals surface area contributed by atoms with Crippen LogP contribution in [0.25, 0.3) is 0 Å². The fourth-order valence-corrected chi connectivity index (χ4v) is 1.62. The van der Waals surface area contributed by atoms with Crippen LogP contribution >= 0.6 is 0 Å². The number of aromatic nitrogens is 4. The van der Waals surface area contributed by atoms with Gasteiger partial charge in [0, 0.05) is 12.1 Å². The lowest BCUT2D eigenvalue weighted by atomic mass is 10.1. The van der Waals surface area contributed by atoms with Gasteiger partial charge in [-0.05, 0) is 29.0 Å². The molecule has 7 nitrogen and oxygen atoms in total. The molecule has 0 fully saturated rings. The molecule has 2 rings (SSSR count). The average Bonchev–Trinajstić information content (AvgIpc) is 2.92. The number of aryl methyl sites for hydroxylation is 1. The summed E-state index contributed by atoms with van der Waals surface area (Å²) < 4.78 is 6.74. The molecular weight excluding hydrogens is 260 g/mol. The van der Waals surface area contributed by atoms with Crippen molar-refractivity contribution >= 4 is 12.3 Å². The van der Waals surface area contributed by atoms with Crippen LogP contribution in [0.2, 0.25) is 0 Å². The van der Waals surface area contributed by atoms with E-state index in [1.165, 1.54) is 0 Å². The van der Waals surface area contributed by atoms with E-state index in [-0.39, 0.29) is 6.61 Å². The van der Waals surface area contributed by atoms with E-state index in [2.05, 4.69) is 15.5 Å². The van der Waals surface area contributed by atoms with Crippen molar-refractivity contribution in [3.63, 3.8) is 0 Å². The molecule has 2 aromatic rings. The first-order valence-electron chi connectivity index (χ1n) is 6.22. The third-order valence-corrected chi connectivity index (χ3v) is 2.66. The van der Waals surface area contributed by atoms with Crippen molar-refractivity contribution in [2.45, 2.75) is 26.5 Å². The van der Waals surface area contributed by atoms with Crippen molar-refractivity contribution < 1.29 is 14.3 Å². The molecular formula is C13H14N4O3. The molecule has 104 valence electrons. The molecule has 0 radical (unpaired) electrons. The summed E-state index contributed by atoms with van der Waals surface area (Å²) in [4.78, 5) is 22.3. The van der Waals surface area contributed by atoms with Crippen LogP contribution in [-0.2, 0) is 17.9 Å². The second kappa shape index (κ2) is 6.55. The van der Waals surface area contributed by atoms with Crippen LogP contribution in [0.3, 0.4) is 0 Å². The summed E-state index contributed by atoms with van der Waals surface area (Å²) in [6.07, 6.45) is 1.60. The molecule has 0 aliphatic rings. The maximum atomic E-state index is 11.8. The Hall–Kier alpha value is -2.57. The predicted molar refractivity (Wildman–Crippen MR) is 69.1 cm³/mol. The summed E-state index contributed by atoms with van der Waals surface area (Å²) in [5, 5.41) is 11.2. The lowest BCUT2D eigenvalue weighted by Crippen LogP contribution is -2.11. The SMILES string of the molecule is CCCn1nnnc1COC(=O)c1ccc(C=O)cc1. The van der Waals surface area contributed by atoms with Gasteiger partial charge >= 0.3 is 5.97 Å². The molecule has 1 aromatic heterocycles. The number of benzene rings is 1. The van der Waals surface area contributed by atoms with E-state index in [4.69, 9.17) is 4.74 Å². The Bertz CT molecular complexity index is 592. The van der Waals surface area contributed by atoms with Gasteiger partial charge in [0.15, 0.2) is 12.4 Å². The minimum absolute atomic E-state index is 0.0151. The summed E-state index contributed by atoms with van der Waals surface area (Å²) in [5.41, 5.74) is 0.888. The minimum atomic E-state index is -0.478. The highest BCUT2D eigenvalue weighted by atomic mass is 16.5. The maximum absolute atomic E-state index is 11.8. The number of carbonyl (C=O) groups excluding carboxylic acids is 2. The van der Waals surface area contributed by atoms with Gasteiger partial charge in [-0.15, -0.1) is 5.10 Å². The number of tetrazole rings is 1. The van der Waals surface area contributed by atoms with Crippen molar-refractivity contribution in [1.29, 1.82) is 0 Å². The fourth-order valence-electron chi connectivity index (χ4n) is 1.62. The van der Waals surface area contributed by atoms with Crippen molar-refractivity contribution in [2.75, 3.05) is 0 Å². The number of hydrogen-bond donors (Lipinski definition) is 0. The largest absolute Gasteiger partial charge is 0.454 e. The van der Waals surface area contributed by atoms with Gasteiger partial charge in [0.1, 0.15) is 6.29 Å². The van der Waals surface area contributed by atoms with Crippen LogP contribution in [0.1, 0.15) is 39.9 Å². The second-order valence-corrected chi connectivity index (χ2v) is 4.13. The highest BCUT2D eigenvalue weighted by molar-refractivity contribution is 5.90. The summed E-state index contributed by atoms with van der Waals surface area (Å²) in [5.74, 6) is 0.0261. The molecule has 0 aliphatic heterocycles. The highest BCUT2D eigenvalue weighted by Crippen LogP contribution is 2.06. The zero-order chi connectivity index (χ0) is 14.4. The van der Waals surface area contributed by atoms with Gasteiger partial charge in [-0.2, -0.15) is 0 Å². The lowest BCUT2D eigenvalue weighted by Gasteiger charge is -2.05. The first-order chi connectivity index (χ1) is 9.74. The topological polar surface area (TPSA) is 87.0 Å². The van der Waals surface area contributed by atoms with Crippen molar-refractivity contribution in [2.24, 2.45) is 0 Å². The number of ether oxygens (including phenoxy) is 1. The summed E-state index contributed by atoms with van der Waals surface area (Å²) in [6.45, 7) is 2.70. The summed E-state index contributed by atoms with van der Waals surface area (Å²) in [7, 11) is 0. The Balaban J connectivity index is 1.97. The van der Waals surface area contributed by atoms with Crippen molar-refractivity contribution in [3.8, 4) is 0 Å². The van der Waals surface area contributed by atoms with Gasteiger partial charge in [0.25, 0.3) is 0 Å². The van der Waals surface area contributed by atoms with E-state index in [9.17, 15) is 9.59 Å². The van der Waals surface area contributed by atoms with Gasteiger partial charge in [-0.1, -0.05) is 19.1 Å². The van der Waals surface area contributed by atoms with Gasteiger partial charge < -0.3 is 4.74 Å². The zero-order valence-corrected chi connectivity index (χ0v) is 11.0. The molecule has 0 saturated carbocycles. The Kier molecular flexibility index (Phi) is 4.54. The monoisotopic (exact) mass is 274 g/mol. The first-order valence-corrected chi connectivity index (χ1v) is 6.22. The number of hydrogen-bond acceptors (Lipinski definition) is 6. The molecule has 0 saturated heterocycles. The first kappa shape index (κ1) is 13.9. The highest BCUT2D eigenvalue weighted by Gasteiger charge is 2.11. The van der Waals surface area contributed by atoms with Gasteiger partial charge in [-0.25, -0.2) is 9.48 Å². The Morgan fingerprint density at radius 1 is 1.35 bits per heavy atom. The predicted octanol–water partition coefficient (Wildman–Crippen LogP) is 1.25. The number of esters is 1. The van der Waals surface area contributed by atoms with Gasteiger partial charge in [-0.3, -0.25) is 4.79 Å². The molecule has 0 aliphatic carbocycles. The molecule has 1 aromatic carbocycles. The Labute approximate surface area is 115 Å². The molecule has 0 atom stereocenters. The van der Waals surface area contributed by atoms with Crippen LogP contribution in [0.15, 0.2) is 24.3 Å². The van der Waals surface area contributed by atoms with Crippen LogP contribution in [0, 0.1) is 0 Å². The van der Waals surface area contributed by atoms with Gasteiger partial charge in [0.05, 0.1) is 5.56 Å². The second-order valence-electron chi connectivity index (χ2n) is 4.13. The van der Waals surface area contributed by atoms with E-state index < -0.39 is 5.97 Å². The van der Waals surface area contributed by atoms with Crippen LogP contribution < -0.4 is 0 Å². The quantitative estimate of drug-likeness (QED) is 0.582. The standard InChI is InChI=1S/C13H14N4O3/c1-2-7-17-12(14-15-16-17)9-20-13(19)11-5-3-10(8-18)4-6-11/h3-6,8H,2,7,9H2,1H3. The molecule has 0 bridgehead atoms. The minimum Gasteiger partial charge on any atom is -0.454 e. The zero-order valence-electron chi connectivity index (χ0n) is 11.0. The average molecular weight is 274 g/mol. The molecule has 0 N–H and O–H groups in total. The van der Waals surface area contributed by atoms with E-state index in [0.29, 0.717) is 29.8 Å². The van der Waals surface area contributed by atoms with Crippen molar-refractivity contribution in [3.05, 3.63) is 41.2 Å². The molecule has 20 heavy (non-hydrogen) atoms. The number of rotatable bonds is 6. The van der Waals surface area contributed by atoms with E-state index in [1.54, 1.807) is 28.9 Å². The maximum Gasteiger partial charge on any atom is 0.338 e. The number of nitrogens with zero attached hydrogens (tertiary/aromatic N) is 4. The van der Waals surface area contributed by atoms with Crippen LogP contribution in [0.5, 0.6) is 0 Å².